The number of hydrogen-bond donors (Lipinski definition) is 2. The lowest BCUT2D eigenvalue weighted by molar-refractivity contribution is -0.137. The van der Waals surface area contributed by atoms with Crippen LogP contribution < -0.4 is 16.0 Å². The fourth-order valence-electron chi connectivity index (χ4n) is 3.04. The molecule has 0 saturated carbocycles. The average molecular weight is 351 g/mol. The molecule has 3 N–H and O–H groups in total. The Labute approximate surface area is 144 Å². The van der Waals surface area contributed by atoms with E-state index in [9.17, 15) is 13.2 Å². The number of nitrogens with zero attached hydrogens (tertiary/aromatic N) is 3. The van der Waals surface area contributed by atoms with Gasteiger partial charge in [0.1, 0.15) is 12.0 Å². The number of hydrogen-bond acceptors (Lipinski definition) is 5. The van der Waals surface area contributed by atoms with Gasteiger partial charge in [-0.3, -0.25) is 0 Å². The molecule has 0 bridgehead atoms. The third kappa shape index (κ3) is 3.78. The number of rotatable bonds is 3. The molecule has 1 aliphatic heterocycles. The minimum absolute atomic E-state index is 0.276. The van der Waals surface area contributed by atoms with E-state index in [-0.39, 0.29) is 5.69 Å². The van der Waals surface area contributed by atoms with E-state index in [4.69, 9.17) is 5.73 Å². The number of anilines is 4. The van der Waals surface area contributed by atoms with Gasteiger partial charge >= 0.3 is 6.18 Å². The molecule has 1 aromatic carbocycles. The minimum atomic E-state index is -4.40. The maximum Gasteiger partial charge on any atom is 0.416 e. The van der Waals surface area contributed by atoms with E-state index in [0.717, 1.165) is 37.9 Å². The van der Waals surface area contributed by atoms with E-state index in [1.807, 2.05) is 0 Å². The Hall–Kier alpha value is -2.51. The van der Waals surface area contributed by atoms with Crippen LogP contribution in [0.25, 0.3) is 0 Å². The first kappa shape index (κ1) is 17.3. The summed E-state index contributed by atoms with van der Waals surface area (Å²) in [6.07, 6.45) is 0.258. The highest BCUT2D eigenvalue weighted by molar-refractivity contribution is 5.78. The molecule has 1 fully saturated rings. The molecule has 0 spiro atoms. The molecule has 1 aromatic heterocycles. The third-order valence-corrected chi connectivity index (χ3v) is 4.39. The molecule has 0 radical (unpaired) electrons. The molecule has 0 amide bonds. The van der Waals surface area contributed by atoms with Crippen molar-refractivity contribution in [2.45, 2.75) is 38.4 Å². The molecule has 3 rings (SSSR count). The normalized spacial score (nSPS) is 18.2. The predicted molar refractivity (Wildman–Crippen MR) is 91.8 cm³/mol. The number of alkyl halides is 3. The minimum Gasteiger partial charge on any atom is -0.393 e. The van der Waals surface area contributed by atoms with Gasteiger partial charge in [-0.25, -0.2) is 9.97 Å². The van der Waals surface area contributed by atoms with Crippen LogP contribution in [0.3, 0.4) is 0 Å². The number of aromatic nitrogens is 2. The van der Waals surface area contributed by atoms with Crippen LogP contribution in [0.2, 0.25) is 0 Å². The number of benzene rings is 1. The molecule has 0 aliphatic carbocycles. The summed E-state index contributed by atoms with van der Waals surface area (Å²) in [4.78, 5) is 10.5. The molecule has 1 aliphatic rings. The van der Waals surface area contributed by atoms with Gasteiger partial charge in [0.2, 0.25) is 0 Å². The lowest BCUT2D eigenvalue weighted by Gasteiger charge is -2.35. The van der Waals surface area contributed by atoms with Crippen molar-refractivity contribution in [1.29, 1.82) is 0 Å². The Morgan fingerprint density at radius 1 is 1.24 bits per heavy atom. The van der Waals surface area contributed by atoms with Crippen molar-refractivity contribution in [3.05, 3.63) is 36.2 Å². The lowest BCUT2D eigenvalue weighted by Crippen LogP contribution is -2.38. The largest absolute Gasteiger partial charge is 0.416 e. The molecule has 25 heavy (non-hydrogen) atoms. The second-order valence-corrected chi connectivity index (χ2v) is 6.20. The molecule has 5 nitrogen and oxygen atoms in total. The molecule has 2 aromatic rings. The summed E-state index contributed by atoms with van der Waals surface area (Å²) in [5.41, 5.74) is 6.09. The quantitative estimate of drug-likeness (QED) is 0.867. The first-order chi connectivity index (χ1) is 11.9. The van der Waals surface area contributed by atoms with E-state index >= 15 is 0 Å². The van der Waals surface area contributed by atoms with E-state index in [1.54, 1.807) is 6.07 Å². The fraction of sp³-hybridized carbons (Fsp3) is 0.412. The summed E-state index contributed by atoms with van der Waals surface area (Å²) >= 11 is 0. The summed E-state index contributed by atoms with van der Waals surface area (Å²) in [6, 6.07) is 5.25. The fourth-order valence-corrected chi connectivity index (χ4v) is 3.04. The maximum absolute atomic E-state index is 12.9. The highest BCUT2D eigenvalue weighted by Crippen LogP contribution is 2.34. The van der Waals surface area contributed by atoms with Crippen molar-refractivity contribution in [2.75, 3.05) is 22.5 Å². The monoisotopic (exact) mass is 351 g/mol. The van der Waals surface area contributed by atoms with Crippen molar-refractivity contribution in [1.82, 2.24) is 9.97 Å². The van der Waals surface area contributed by atoms with Crippen LogP contribution in [0.1, 0.15) is 31.7 Å². The summed E-state index contributed by atoms with van der Waals surface area (Å²) in [6.45, 7) is 2.96. The van der Waals surface area contributed by atoms with Crippen LogP contribution >= 0.6 is 0 Å². The highest BCUT2D eigenvalue weighted by atomic mass is 19.4. The maximum atomic E-state index is 12.9. The van der Waals surface area contributed by atoms with Gasteiger partial charge in [0.05, 0.1) is 5.56 Å². The molecule has 134 valence electrons. The Bertz CT molecular complexity index is 747. The molecule has 1 saturated heterocycles. The van der Waals surface area contributed by atoms with Gasteiger partial charge < -0.3 is 16.0 Å². The SMILES string of the molecule is CC1CCCCN1c1ncnc(Nc2cccc(C(F)(F)F)c2)c1N. The van der Waals surface area contributed by atoms with Crippen molar-refractivity contribution < 1.29 is 13.2 Å². The Balaban J connectivity index is 1.88. The standard InChI is InChI=1S/C17H20F3N5/c1-11-5-2-3-8-25(11)16-14(21)15(22-10-23-16)24-13-7-4-6-12(9-13)17(18,19)20/h4,6-7,9-11H,2-3,5,8,21H2,1H3,(H,22,23,24). The van der Waals surface area contributed by atoms with Gasteiger partial charge in [0.15, 0.2) is 11.6 Å². The second kappa shape index (κ2) is 6.78. The Morgan fingerprint density at radius 2 is 2.04 bits per heavy atom. The first-order valence-corrected chi connectivity index (χ1v) is 8.17. The van der Waals surface area contributed by atoms with E-state index in [2.05, 4.69) is 27.1 Å². The van der Waals surface area contributed by atoms with Crippen LogP contribution in [0.5, 0.6) is 0 Å². The predicted octanol–water partition coefficient (Wildman–Crippen LogP) is 4.20. The molecule has 8 heteroatoms. The van der Waals surface area contributed by atoms with Crippen molar-refractivity contribution in [3.8, 4) is 0 Å². The summed E-state index contributed by atoms with van der Waals surface area (Å²) < 4.78 is 38.6. The van der Waals surface area contributed by atoms with Crippen molar-refractivity contribution in [3.63, 3.8) is 0 Å². The lowest BCUT2D eigenvalue weighted by atomic mass is 10.0. The molecule has 1 unspecified atom stereocenters. The summed E-state index contributed by atoms with van der Waals surface area (Å²) in [5.74, 6) is 0.929. The Morgan fingerprint density at radius 3 is 2.76 bits per heavy atom. The number of nitrogens with two attached hydrogens (primary N) is 1. The first-order valence-electron chi connectivity index (χ1n) is 8.17. The van der Waals surface area contributed by atoms with Crippen LogP contribution in [0, 0.1) is 0 Å². The zero-order valence-corrected chi connectivity index (χ0v) is 13.8. The molecule has 1 atom stereocenters. The van der Waals surface area contributed by atoms with Gasteiger partial charge in [-0.2, -0.15) is 13.2 Å². The summed E-state index contributed by atoms with van der Waals surface area (Å²) in [7, 11) is 0. The van der Waals surface area contributed by atoms with Gasteiger partial charge in [-0.05, 0) is 44.4 Å². The van der Waals surface area contributed by atoms with Crippen LogP contribution in [-0.4, -0.2) is 22.6 Å². The van der Waals surface area contributed by atoms with Gasteiger partial charge in [0.25, 0.3) is 0 Å². The van der Waals surface area contributed by atoms with Gasteiger partial charge in [-0.15, -0.1) is 0 Å². The second-order valence-electron chi connectivity index (χ2n) is 6.20. The van der Waals surface area contributed by atoms with Crippen LogP contribution in [0.4, 0.5) is 36.2 Å². The molecular weight excluding hydrogens is 331 g/mol. The Kier molecular flexibility index (Phi) is 4.69. The zero-order valence-electron chi connectivity index (χ0n) is 13.8. The smallest absolute Gasteiger partial charge is 0.393 e. The van der Waals surface area contributed by atoms with Crippen molar-refractivity contribution in [2.24, 2.45) is 0 Å². The topological polar surface area (TPSA) is 67.1 Å². The number of halogens is 3. The molecule has 2 heterocycles. The van der Waals surface area contributed by atoms with Gasteiger partial charge in [0, 0.05) is 18.3 Å². The van der Waals surface area contributed by atoms with E-state index in [0.29, 0.717) is 23.4 Å². The van der Waals surface area contributed by atoms with Gasteiger partial charge in [-0.1, -0.05) is 6.07 Å². The average Bonchev–Trinajstić information content (AvgIpc) is 2.57. The summed E-state index contributed by atoms with van der Waals surface area (Å²) in [5, 5.41) is 2.88. The highest BCUT2D eigenvalue weighted by Gasteiger charge is 2.30. The number of piperidine rings is 1. The van der Waals surface area contributed by atoms with Crippen LogP contribution in [-0.2, 0) is 6.18 Å². The molecular formula is C17H20F3N5. The third-order valence-electron chi connectivity index (χ3n) is 4.39. The van der Waals surface area contributed by atoms with E-state index in [1.165, 1.54) is 12.4 Å². The zero-order chi connectivity index (χ0) is 18.0. The van der Waals surface area contributed by atoms with E-state index < -0.39 is 11.7 Å². The van der Waals surface area contributed by atoms with Crippen molar-refractivity contribution >= 4 is 23.0 Å². The number of nitrogen functional groups attached to an aromatic ring is 1. The number of nitrogens with one attached hydrogen (secondary N) is 1. The van der Waals surface area contributed by atoms with Crippen LogP contribution in [0.15, 0.2) is 30.6 Å².